The maximum atomic E-state index is 13.2. The monoisotopic (exact) mass is 446 g/mol. The number of methoxy groups -OCH3 is 1. The highest BCUT2D eigenvalue weighted by atomic mass is 16.5. The van der Waals surface area contributed by atoms with Crippen molar-refractivity contribution in [2.75, 3.05) is 39.9 Å². The number of amides is 1. The van der Waals surface area contributed by atoms with Crippen LogP contribution in [0.2, 0.25) is 0 Å². The Morgan fingerprint density at radius 2 is 1.91 bits per heavy atom. The summed E-state index contributed by atoms with van der Waals surface area (Å²) in [7, 11) is 1.74. The molecule has 1 amide bonds. The van der Waals surface area contributed by atoms with Crippen molar-refractivity contribution in [1.82, 2.24) is 9.80 Å². The predicted octanol–water partition coefficient (Wildman–Crippen LogP) is 4.29. The summed E-state index contributed by atoms with van der Waals surface area (Å²) in [6, 6.07) is 6.33. The minimum atomic E-state index is -0.189. The van der Waals surface area contributed by atoms with Gasteiger partial charge in [0.15, 0.2) is 0 Å². The summed E-state index contributed by atoms with van der Waals surface area (Å²) in [6.07, 6.45) is 4.23. The molecule has 0 aliphatic carbocycles. The second-order valence-corrected chi connectivity index (χ2v) is 9.72. The van der Waals surface area contributed by atoms with E-state index in [1.54, 1.807) is 7.11 Å². The fourth-order valence-electron chi connectivity index (χ4n) is 5.22. The van der Waals surface area contributed by atoms with Crippen LogP contribution in [0.3, 0.4) is 0 Å². The summed E-state index contributed by atoms with van der Waals surface area (Å²) in [5.74, 6) is 0.940. The zero-order chi connectivity index (χ0) is 23.3. The summed E-state index contributed by atoms with van der Waals surface area (Å²) in [6.45, 7) is 14.5. The zero-order valence-corrected chi connectivity index (χ0v) is 20.9. The minimum absolute atomic E-state index is 0.0905. The number of hydrogen-bond donors (Lipinski definition) is 0. The molecule has 0 N–H and O–H groups in total. The van der Waals surface area contributed by atoms with E-state index in [9.17, 15) is 4.79 Å². The van der Waals surface area contributed by atoms with Crippen LogP contribution in [-0.2, 0) is 9.47 Å². The largest absolute Gasteiger partial charge is 0.491 e. The van der Waals surface area contributed by atoms with Crippen molar-refractivity contribution in [2.45, 2.75) is 84.2 Å². The van der Waals surface area contributed by atoms with E-state index >= 15 is 0 Å². The second kappa shape index (κ2) is 11.0. The second-order valence-electron chi connectivity index (χ2n) is 9.72. The Balaban J connectivity index is 1.67. The first-order valence-corrected chi connectivity index (χ1v) is 12.3. The van der Waals surface area contributed by atoms with Gasteiger partial charge in [-0.1, -0.05) is 13.8 Å². The smallest absolute Gasteiger partial charge is 0.253 e. The predicted molar refractivity (Wildman–Crippen MR) is 128 cm³/mol. The van der Waals surface area contributed by atoms with E-state index in [0.29, 0.717) is 12.6 Å². The number of morpholine rings is 1. The molecule has 1 atom stereocenters. The molecule has 2 aliphatic rings. The van der Waals surface area contributed by atoms with E-state index in [2.05, 4.69) is 18.7 Å². The summed E-state index contributed by atoms with van der Waals surface area (Å²) in [5, 5.41) is 0. The van der Waals surface area contributed by atoms with Gasteiger partial charge in [0.05, 0.1) is 24.4 Å². The van der Waals surface area contributed by atoms with Gasteiger partial charge < -0.3 is 19.1 Å². The molecule has 0 bridgehead atoms. The van der Waals surface area contributed by atoms with Crippen LogP contribution in [0.25, 0.3) is 0 Å². The Bertz CT molecular complexity index is 754. The van der Waals surface area contributed by atoms with E-state index in [1.807, 2.05) is 43.9 Å². The van der Waals surface area contributed by atoms with E-state index in [-0.39, 0.29) is 23.7 Å². The summed E-state index contributed by atoms with van der Waals surface area (Å²) < 4.78 is 17.9. The molecule has 0 aromatic heterocycles. The lowest BCUT2D eigenvalue weighted by molar-refractivity contribution is -0.192. The number of carbonyl (C=O) groups is 1. The minimum Gasteiger partial charge on any atom is -0.491 e. The zero-order valence-electron chi connectivity index (χ0n) is 20.9. The normalized spacial score (nSPS) is 21.5. The molecule has 180 valence electrons. The van der Waals surface area contributed by atoms with Gasteiger partial charge in [-0.3, -0.25) is 9.69 Å². The average Bonchev–Trinajstić information content (AvgIpc) is 2.76. The number of benzene rings is 1. The molecule has 1 aromatic rings. The third-order valence-electron chi connectivity index (χ3n) is 6.90. The Labute approximate surface area is 194 Å². The molecular formula is C26H42N2O4. The SMILES string of the molecule is CCC(CC)N1CC(COC)OC2(CCN(C(=O)c3ccc(OC(C)C)c(C)c3)CC2)C1. The van der Waals surface area contributed by atoms with Gasteiger partial charge in [0.2, 0.25) is 0 Å². The highest BCUT2D eigenvalue weighted by Gasteiger charge is 2.44. The lowest BCUT2D eigenvalue weighted by atomic mass is 9.87. The Morgan fingerprint density at radius 1 is 1.22 bits per heavy atom. The lowest BCUT2D eigenvalue weighted by Gasteiger charge is -2.51. The fraction of sp³-hybridized carbons (Fsp3) is 0.731. The Kier molecular flexibility index (Phi) is 8.59. The quantitative estimate of drug-likeness (QED) is 0.596. The Morgan fingerprint density at radius 3 is 2.47 bits per heavy atom. The lowest BCUT2D eigenvalue weighted by Crippen LogP contribution is -2.62. The maximum Gasteiger partial charge on any atom is 0.253 e. The van der Waals surface area contributed by atoms with Gasteiger partial charge in [0, 0.05) is 44.9 Å². The number of aryl methyl sites for hydroxylation is 1. The van der Waals surface area contributed by atoms with Crippen molar-refractivity contribution in [1.29, 1.82) is 0 Å². The molecule has 2 saturated heterocycles. The average molecular weight is 447 g/mol. The fourth-order valence-corrected chi connectivity index (χ4v) is 5.22. The van der Waals surface area contributed by atoms with Gasteiger partial charge in [0.1, 0.15) is 5.75 Å². The molecule has 3 rings (SSSR count). The molecular weight excluding hydrogens is 404 g/mol. The van der Waals surface area contributed by atoms with Crippen molar-refractivity contribution >= 4 is 5.91 Å². The summed E-state index contributed by atoms with van der Waals surface area (Å²) >= 11 is 0. The summed E-state index contributed by atoms with van der Waals surface area (Å²) in [5.41, 5.74) is 1.54. The van der Waals surface area contributed by atoms with E-state index in [1.165, 1.54) is 0 Å². The van der Waals surface area contributed by atoms with Crippen LogP contribution in [0.4, 0.5) is 0 Å². The van der Waals surface area contributed by atoms with Crippen LogP contribution in [0.5, 0.6) is 5.75 Å². The van der Waals surface area contributed by atoms with Crippen molar-refractivity contribution < 1.29 is 19.0 Å². The number of rotatable bonds is 8. The molecule has 1 spiro atoms. The molecule has 6 heteroatoms. The highest BCUT2D eigenvalue weighted by molar-refractivity contribution is 5.94. The van der Waals surface area contributed by atoms with Crippen molar-refractivity contribution in [3.8, 4) is 5.75 Å². The third kappa shape index (κ3) is 5.83. The van der Waals surface area contributed by atoms with Crippen LogP contribution in [0.1, 0.15) is 69.3 Å². The van der Waals surface area contributed by atoms with Crippen LogP contribution in [-0.4, -0.2) is 79.5 Å². The molecule has 32 heavy (non-hydrogen) atoms. The van der Waals surface area contributed by atoms with Gasteiger partial charge in [-0.2, -0.15) is 0 Å². The van der Waals surface area contributed by atoms with E-state index in [4.69, 9.17) is 14.2 Å². The number of ether oxygens (including phenoxy) is 3. The Hall–Kier alpha value is -1.63. The molecule has 0 saturated carbocycles. The van der Waals surface area contributed by atoms with Crippen molar-refractivity contribution in [3.63, 3.8) is 0 Å². The van der Waals surface area contributed by atoms with Crippen molar-refractivity contribution in [3.05, 3.63) is 29.3 Å². The van der Waals surface area contributed by atoms with Gasteiger partial charge in [-0.25, -0.2) is 0 Å². The molecule has 2 fully saturated rings. The molecule has 0 radical (unpaired) electrons. The molecule has 1 aromatic carbocycles. The first-order valence-electron chi connectivity index (χ1n) is 12.3. The van der Waals surface area contributed by atoms with Crippen LogP contribution >= 0.6 is 0 Å². The molecule has 2 aliphatic heterocycles. The summed E-state index contributed by atoms with van der Waals surface area (Å²) in [4.78, 5) is 17.8. The van der Waals surface area contributed by atoms with Crippen LogP contribution in [0, 0.1) is 6.92 Å². The number of hydrogen-bond acceptors (Lipinski definition) is 5. The van der Waals surface area contributed by atoms with Crippen LogP contribution in [0.15, 0.2) is 18.2 Å². The van der Waals surface area contributed by atoms with Gasteiger partial charge in [0.25, 0.3) is 5.91 Å². The van der Waals surface area contributed by atoms with E-state index in [0.717, 1.165) is 68.7 Å². The maximum absolute atomic E-state index is 13.2. The molecule has 6 nitrogen and oxygen atoms in total. The van der Waals surface area contributed by atoms with Gasteiger partial charge >= 0.3 is 0 Å². The molecule has 2 heterocycles. The highest BCUT2D eigenvalue weighted by Crippen LogP contribution is 2.34. The number of likely N-dealkylation sites (tertiary alicyclic amines) is 1. The third-order valence-corrected chi connectivity index (χ3v) is 6.90. The van der Waals surface area contributed by atoms with Crippen molar-refractivity contribution in [2.24, 2.45) is 0 Å². The van der Waals surface area contributed by atoms with E-state index < -0.39 is 0 Å². The van der Waals surface area contributed by atoms with Crippen LogP contribution < -0.4 is 4.74 Å². The number of piperidine rings is 1. The van der Waals surface area contributed by atoms with Gasteiger partial charge in [-0.15, -0.1) is 0 Å². The number of nitrogens with zero attached hydrogens (tertiary/aromatic N) is 2. The standard InChI is InChI=1S/C26H42N2O4/c1-7-22(8-2)28-16-23(17-30-6)32-26(18-28)11-13-27(14-12-26)25(29)21-9-10-24(20(5)15-21)31-19(3)4/h9-10,15,19,22-23H,7-8,11-14,16-18H2,1-6H3. The number of carbonyl (C=O) groups excluding carboxylic acids is 1. The first-order chi connectivity index (χ1) is 15.3. The first kappa shape index (κ1) is 25.0. The molecule has 1 unspecified atom stereocenters. The topological polar surface area (TPSA) is 51.2 Å². The van der Waals surface area contributed by atoms with Gasteiger partial charge in [-0.05, 0) is 70.2 Å².